The van der Waals surface area contributed by atoms with Crippen LogP contribution in [0.25, 0.3) is 22.4 Å². The van der Waals surface area contributed by atoms with Gasteiger partial charge >= 0.3 is 0 Å². The van der Waals surface area contributed by atoms with Crippen molar-refractivity contribution in [2.24, 2.45) is 0 Å². The Bertz CT molecular complexity index is 1230. The number of methoxy groups -OCH3 is 2. The van der Waals surface area contributed by atoms with E-state index in [9.17, 15) is 0 Å². The molecule has 0 aliphatic heterocycles. The summed E-state index contributed by atoms with van der Waals surface area (Å²) in [6.45, 7) is 2.39. The summed E-state index contributed by atoms with van der Waals surface area (Å²) in [6, 6.07) is 17.2. The second kappa shape index (κ2) is 9.43. The van der Waals surface area contributed by atoms with Gasteiger partial charge in [0.15, 0.2) is 23.1 Å². The van der Waals surface area contributed by atoms with Crippen LogP contribution in [0.4, 0.5) is 10.2 Å². The van der Waals surface area contributed by atoms with Crippen LogP contribution in [0, 0.1) is 12.7 Å². The van der Waals surface area contributed by atoms with Gasteiger partial charge in [0.25, 0.3) is 0 Å². The van der Waals surface area contributed by atoms with Gasteiger partial charge in [-0.1, -0.05) is 24.3 Å². The highest BCUT2D eigenvalue weighted by Gasteiger charge is 2.15. The molecule has 0 spiro atoms. The number of benzene rings is 2. The monoisotopic (exact) mass is 430 g/mol. The molecular formula is C25H23FN4O2. The number of pyridine rings is 1. The van der Waals surface area contributed by atoms with Gasteiger partial charge in [0, 0.05) is 24.0 Å². The van der Waals surface area contributed by atoms with Gasteiger partial charge < -0.3 is 14.8 Å². The molecule has 0 aliphatic rings. The molecule has 2 aromatic heterocycles. The molecule has 0 fully saturated rings. The second-order valence-electron chi connectivity index (χ2n) is 7.19. The summed E-state index contributed by atoms with van der Waals surface area (Å²) in [7, 11) is 3.08. The number of halogens is 1. The van der Waals surface area contributed by atoms with Crippen molar-refractivity contribution in [2.75, 3.05) is 19.5 Å². The Morgan fingerprint density at radius 3 is 2.28 bits per heavy atom. The fraction of sp³-hybridized carbons (Fsp3) is 0.160. The van der Waals surface area contributed by atoms with E-state index >= 15 is 4.39 Å². The molecule has 0 atom stereocenters. The zero-order valence-corrected chi connectivity index (χ0v) is 18.1. The third-order valence-corrected chi connectivity index (χ3v) is 5.09. The van der Waals surface area contributed by atoms with Crippen LogP contribution in [0.1, 0.15) is 11.3 Å². The first-order valence-corrected chi connectivity index (χ1v) is 10.1. The Balaban J connectivity index is 1.51. The Labute approximate surface area is 186 Å². The highest BCUT2D eigenvalue weighted by atomic mass is 19.1. The molecule has 0 bridgehead atoms. The minimum atomic E-state index is -0.524. The van der Waals surface area contributed by atoms with Crippen LogP contribution >= 0.6 is 0 Å². The summed E-state index contributed by atoms with van der Waals surface area (Å²) < 4.78 is 25.7. The van der Waals surface area contributed by atoms with Crippen LogP contribution in [-0.4, -0.2) is 29.2 Å². The molecule has 4 aromatic rings. The number of nitrogens with one attached hydrogen (secondary N) is 1. The van der Waals surface area contributed by atoms with E-state index in [1.807, 2.05) is 43.3 Å². The van der Waals surface area contributed by atoms with E-state index in [0.29, 0.717) is 23.6 Å². The summed E-state index contributed by atoms with van der Waals surface area (Å²) in [6.07, 6.45) is 3.14. The first-order valence-electron chi connectivity index (χ1n) is 10.1. The van der Waals surface area contributed by atoms with Crippen molar-refractivity contribution >= 4 is 5.82 Å². The Kier molecular flexibility index (Phi) is 6.26. The predicted molar refractivity (Wildman–Crippen MR) is 122 cm³/mol. The fourth-order valence-electron chi connectivity index (χ4n) is 3.40. The van der Waals surface area contributed by atoms with E-state index in [1.165, 1.54) is 13.4 Å². The molecular weight excluding hydrogens is 407 g/mol. The SMILES string of the molecule is COc1ccc(-c2ncnc(NCc3ccc(-c4ccnc(C)c4)cc3)c2F)cc1OC. The van der Waals surface area contributed by atoms with Crippen LogP contribution in [0.3, 0.4) is 0 Å². The summed E-state index contributed by atoms with van der Waals surface area (Å²) in [5.41, 5.74) is 4.94. The highest BCUT2D eigenvalue weighted by molar-refractivity contribution is 5.67. The average molecular weight is 430 g/mol. The van der Waals surface area contributed by atoms with Gasteiger partial charge in [-0.05, 0) is 53.9 Å². The normalized spacial score (nSPS) is 10.6. The molecule has 2 aromatic carbocycles. The maximum absolute atomic E-state index is 15.1. The number of anilines is 1. The lowest BCUT2D eigenvalue weighted by Crippen LogP contribution is -2.06. The van der Waals surface area contributed by atoms with Gasteiger partial charge in [-0.3, -0.25) is 4.98 Å². The smallest absolute Gasteiger partial charge is 0.191 e. The van der Waals surface area contributed by atoms with Crippen molar-refractivity contribution in [3.63, 3.8) is 0 Å². The number of nitrogens with zero attached hydrogens (tertiary/aromatic N) is 3. The standard InChI is InChI=1S/C25H23FN4O2/c1-16-12-19(10-11-27-16)18-6-4-17(5-7-18)14-28-25-23(26)24(29-15-30-25)20-8-9-21(31-2)22(13-20)32-3/h4-13,15H,14H2,1-3H3,(H,28,29,30). The summed E-state index contributed by atoms with van der Waals surface area (Å²) in [5.74, 6) is 0.679. The number of rotatable bonds is 7. The zero-order valence-electron chi connectivity index (χ0n) is 18.1. The largest absolute Gasteiger partial charge is 0.493 e. The number of ether oxygens (including phenoxy) is 2. The van der Waals surface area contributed by atoms with Crippen LogP contribution < -0.4 is 14.8 Å². The van der Waals surface area contributed by atoms with Crippen molar-refractivity contribution < 1.29 is 13.9 Å². The fourth-order valence-corrected chi connectivity index (χ4v) is 3.40. The van der Waals surface area contributed by atoms with Crippen LogP contribution in [0.5, 0.6) is 11.5 Å². The van der Waals surface area contributed by atoms with Gasteiger partial charge in [-0.15, -0.1) is 0 Å². The molecule has 0 saturated carbocycles. The minimum Gasteiger partial charge on any atom is -0.493 e. The van der Waals surface area contributed by atoms with Gasteiger partial charge in [0.2, 0.25) is 0 Å². The third-order valence-electron chi connectivity index (χ3n) is 5.09. The second-order valence-corrected chi connectivity index (χ2v) is 7.19. The van der Waals surface area contributed by atoms with E-state index < -0.39 is 5.82 Å². The lowest BCUT2D eigenvalue weighted by atomic mass is 10.0. The molecule has 6 nitrogen and oxygen atoms in total. The third kappa shape index (κ3) is 4.51. The quantitative estimate of drug-likeness (QED) is 0.430. The van der Waals surface area contributed by atoms with E-state index in [4.69, 9.17) is 9.47 Å². The van der Waals surface area contributed by atoms with E-state index in [0.717, 1.165) is 22.4 Å². The van der Waals surface area contributed by atoms with E-state index in [-0.39, 0.29) is 11.5 Å². The molecule has 0 saturated heterocycles. The number of aromatic nitrogens is 3. The minimum absolute atomic E-state index is 0.138. The molecule has 0 radical (unpaired) electrons. The Hall–Kier alpha value is -4.00. The molecule has 7 heteroatoms. The molecule has 1 N–H and O–H groups in total. The highest BCUT2D eigenvalue weighted by Crippen LogP contribution is 2.33. The van der Waals surface area contributed by atoms with Crippen molar-refractivity contribution in [2.45, 2.75) is 13.5 Å². The predicted octanol–water partition coefficient (Wildman–Crippen LogP) is 5.28. The number of hydrogen-bond donors (Lipinski definition) is 1. The lowest BCUT2D eigenvalue weighted by molar-refractivity contribution is 0.355. The lowest BCUT2D eigenvalue weighted by Gasteiger charge is -2.12. The average Bonchev–Trinajstić information content (AvgIpc) is 2.83. The molecule has 32 heavy (non-hydrogen) atoms. The summed E-state index contributed by atoms with van der Waals surface area (Å²) >= 11 is 0. The number of aryl methyl sites for hydroxylation is 1. The molecule has 4 rings (SSSR count). The zero-order chi connectivity index (χ0) is 22.5. The first kappa shape index (κ1) is 21.2. The maximum Gasteiger partial charge on any atom is 0.191 e. The Morgan fingerprint density at radius 1 is 0.812 bits per heavy atom. The van der Waals surface area contributed by atoms with Crippen molar-refractivity contribution in [1.29, 1.82) is 0 Å². The summed E-state index contributed by atoms with van der Waals surface area (Å²) in [5, 5.41) is 3.07. The van der Waals surface area contributed by atoms with Gasteiger partial charge in [0.05, 0.1) is 14.2 Å². The number of hydrogen-bond acceptors (Lipinski definition) is 6. The van der Waals surface area contributed by atoms with Crippen molar-refractivity contribution in [1.82, 2.24) is 15.0 Å². The van der Waals surface area contributed by atoms with Gasteiger partial charge in [-0.25, -0.2) is 14.4 Å². The van der Waals surface area contributed by atoms with Crippen LogP contribution in [-0.2, 0) is 6.54 Å². The molecule has 2 heterocycles. The summed E-state index contributed by atoms with van der Waals surface area (Å²) in [4.78, 5) is 12.4. The molecule has 0 aliphatic carbocycles. The first-order chi connectivity index (χ1) is 15.6. The van der Waals surface area contributed by atoms with Crippen LogP contribution in [0.15, 0.2) is 67.1 Å². The maximum atomic E-state index is 15.1. The Morgan fingerprint density at radius 2 is 1.56 bits per heavy atom. The molecule has 162 valence electrons. The van der Waals surface area contributed by atoms with Gasteiger partial charge in [0.1, 0.15) is 12.0 Å². The topological polar surface area (TPSA) is 69.2 Å². The van der Waals surface area contributed by atoms with E-state index in [2.05, 4.69) is 20.3 Å². The van der Waals surface area contributed by atoms with Gasteiger partial charge in [-0.2, -0.15) is 0 Å². The van der Waals surface area contributed by atoms with Crippen molar-refractivity contribution in [3.05, 3.63) is 84.2 Å². The van der Waals surface area contributed by atoms with E-state index in [1.54, 1.807) is 31.5 Å². The molecule has 0 amide bonds. The van der Waals surface area contributed by atoms with Crippen molar-refractivity contribution in [3.8, 4) is 33.9 Å². The van der Waals surface area contributed by atoms with Crippen LogP contribution in [0.2, 0.25) is 0 Å². The molecule has 0 unspecified atom stereocenters.